The topological polar surface area (TPSA) is 38.3 Å². The van der Waals surface area contributed by atoms with E-state index in [4.69, 9.17) is 39.5 Å². The van der Waals surface area contributed by atoms with Crippen LogP contribution in [0.1, 0.15) is 10.4 Å². The van der Waals surface area contributed by atoms with Gasteiger partial charge in [-0.3, -0.25) is 4.79 Å². The van der Waals surface area contributed by atoms with E-state index >= 15 is 0 Å². The fourth-order valence-corrected chi connectivity index (χ4v) is 2.31. The van der Waals surface area contributed by atoms with Crippen molar-refractivity contribution in [3.05, 3.63) is 56.8 Å². The summed E-state index contributed by atoms with van der Waals surface area (Å²) < 4.78 is 18.6. The van der Waals surface area contributed by atoms with E-state index in [1.165, 1.54) is 19.2 Å². The predicted octanol–water partition coefficient (Wildman–Crippen LogP) is 5.05. The van der Waals surface area contributed by atoms with Crippen molar-refractivity contribution in [2.24, 2.45) is 0 Å². The van der Waals surface area contributed by atoms with Crippen molar-refractivity contribution in [1.82, 2.24) is 0 Å². The van der Waals surface area contributed by atoms with Gasteiger partial charge in [0.25, 0.3) is 5.91 Å². The molecule has 21 heavy (non-hydrogen) atoms. The van der Waals surface area contributed by atoms with Crippen LogP contribution in [-0.2, 0) is 0 Å². The summed E-state index contributed by atoms with van der Waals surface area (Å²) in [4.78, 5) is 12.2. The third kappa shape index (κ3) is 3.59. The number of rotatable bonds is 3. The summed E-state index contributed by atoms with van der Waals surface area (Å²) in [6.07, 6.45) is 0. The molecule has 2 aromatic rings. The Labute approximate surface area is 135 Å². The Morgan fingerprint density at radius 3 is 2.52 bits per heavy atom. The molecule has 0 aliphatic heterocycles. The Kier molecular flexibility index (Phi) is 4.93. The van der Waals surface area contributed by atoms with Crippen molar-refractivity contribution in [2.45, 2.75) is 0 Å². The zero-order valence-corrected chi connectivity index (χ0v) is 13.0. The van der Waals surface area contributed by atoms with E-state index in [0.717, 1.165) is 6.07 Å². The van der Waals surface area contributed by atoms with E-state index in [2.05, 4.69) is 5.32 Å². The Bertz CT molecular complexity index is 707. The molecule has 0 saturated carbocycles. The lowest BCUT2D eigenvalue weighted by molar-refractivity contribution is 0.102. The van der Waals surface area contributed by atoms with Crippen LogP contribution in [0.5, 0.6) is 5.75 Å². The van der Waals surface area contributed by atoms with Crippen molar-refractivity contribution < 1.29 is 13.9 Å². The molecule has 0 atom stereocenters. The van der Waals surface area contributed by atoms with Gasteiger partial charge < -0.3 is 10.1 Å². The second kappa shape index (κ2) is 6.52. The number of benzene rings is 2. The molecule has 1 N–H and O–H groups in total. The SMILES string of the molecule is COc1ccc(Cl)cc1NC(=O)c1cc(F)c(Cl)cc1Cl. The number of hydrogen-bond donors (Lipinski definition) is 1. The molecule has 0 bridgehead atoms. The molecular weight excluding hydrogens is 340 g/mol. The number of ether oxygens (including phenoxy) is 1. The minimum atomic E-state index is -0.732. The molecule has 0 aromatic heterocycles. The maximum absolute atomic E-state index is 13.5. The Hall–Kier alpha value is -1.49. The summed E-state index contributed by atoms with van der Waals surface area (Å²) in [5.74, 6) is -0.918. The first kappa shape index (κ1) is 15.9. The molecule has 0 aliphatic rings. The Morgan fingerprint density at radius 2 is 1.86 bits per heavy atom. The van der Waals surface area contributed by atoms with Gasteiger partial charge in [-0.2, -0.15) is 0 Å². The number of methoxy groups -OCH3 is 1. The average molecular weight is 349 g/mol. The first-order chi connectivity index (χ1) is 9.92. The maximum Gasteiger partial charge on any atom is 0.257 e. The van der Waals surface area contributed by atoms with E-state index in [1.54, 1.807) is 12.1 Å². The molecule has 2 aromatic carbocycles. The molecule has 3 nitrogen and oxygen atoms in total. The van der Waals surface area contributed by atoms with Gasteiger partial charge >= 0.3 is 0 Å². The summed E-state index contributed by atoms with van der Waals surface area (Å²) in [6, 6.07) is 6.87. The number of halogens is 4. The third-order valence-corrected chi connectivity index (χ3v) is 3.50. The van der Waals surface area contributed by atoms with E-state index in [9.17, 15) is 9.18 Å². The standard InChI is InChI=1S/C14H9Cl3FNO2/c1-21-13-3-2-7(15)4-12(13)19-14(20)8-5-11(18)10(17)6-9(8)16/h2-6H,1H3,(H,19,20). The van der Waals surface area contributed by atoms with Gasteiger partial charge in [0, 0.05) is 5.02 Å². The molecule has 2 rings (SSSR count). The van der Waals surface area contributed by atoms with Crippen LogP contribution >= 0.6 is 34.8 Å². The van der Waals surface area contributed by atoms with Gasteiger partial charge in [-0.25, -0.2) is 4.39 Å². The molecule has 110 valence electrons. The van der Waals surface area contributed by atoms with Gasteiger partial charge in [0.1, 0.15) is 11.6 Å². The van der Waals surface area contributed by atoms with Gasteiger partial charge in [0.05, 0.1) is 28.4 Å². The molecule has 0 saturated heterocycles. The summed E-state index contributed by atoms with van der Waals surface area (Å²) in [6.45, 7) is 0. The summed E-state index contributed by atoms with van der Waals surface area (Å²) in [5.41, 5.74) is 0.307. The average Bonchev–Trinajstić information content (AvgIpc) is 2.43. The van der Waals surface area contributed by atoms with Gasteiger partial charge in [-0.15, -0.1) is 0 Å². The first-order valence-corrected chi connectivity index (χ1v) is 6.85. The zero-order chi connectivity index (χ0) is 15.6. The maximum atomic E-state index is 13.5. The van der Waals surface area contributed by atoms with Crippen molar-refractivity contribution >= 4 is 46.4 Å². The van der Waals surface area contributed by atoms with E-state index < -0.39 is 11.7 Å². The highest BCUT2D eigenvalue weighted by atomic mass is 35.5. The number of amides is 1. The minimum Gasteiger partial charge on any atom is -0.495 e. The smallest absolute Gasteiger partial charge is 0.257 e. The predicted molar refractivity (Wildman–Crippen MR) is 82.4 cm³/mol. The molecule has 0 fully saturated rings. The Morgan fingerprint density at radius 1 is 1.14 bits per heavy atom. The number of nitrogens with one attached hydrogen (secondary N) is 1. The highest BCUT2D eigenvalue weighted by molar-refractivity contribution is 6.37. The normalized spacial score (nSPS) is 10.3. The number of anilines is 1. The summed E-state index contributed by atoms with van der Waals surface area (Å²) in [5, 5.41) is 2.87. The van der Waals surface area contributed by atoms with Crippen LogP contribution in [0.3, 0.4) is 0 Å². The molecule has 7 heteroatoms. The van der Waals surface area contributed by atoms with Crippen LogP contribution in [0.25, 0.3) is 0 Å². The van der Waals surface area contributed by atoms with E-state index in [1.807, 2.05) is 0 Å². The quantitative estimate of drug-likeness (QED) is 0.789. The summed E-state index contributed by atoms with van der Waals surface area (Å²) >= 11 is 17.4. The molecular formula is C14H9Cl3FNO2. The zero-order valence-electron chi connectivity index (χ0n) is 10.7. The fraction of sp³-hybridized carbons (Fsp3) is 0.0714. The highest BCUT2D eigenvalue weighted by Gasteiger charge is 2.16. The van der Waals surface area contributed by atoms with Gasteiger partial charge in [0.2, 0.25) is 0 Å². The van der Waals surface area contributed by atoms with Crippen molar-refractivity contribution in [2.75, 3.05) is 12.4 Å². The second-order valence-corrected chi connectivity index (χ2v) is 5.30. The largest absolute Gasteiger partial charge is 0.495 e. The van der Waals surface area contributed by atoms with Crippen LogP contribution in [0.4, 0.5) is 10.1 Å². The highest BCUT2D eigenvalue weighted by Crippen LogP contribution is 2.30. The molecule has 0 unspecified atom stereocenters. The lowest BCUT2D eigenvalue weighted by Gasteiger charge is -2.11. The van der Waals surface area contributed by atoms with Crippen molar-refractivity contribution in [3.8, 4) is 5.75 Å². The number of hydrogen-bond acceptors (Lipinski definition) is 2. The van der Waals surface area contributed by atoms with Crippen LogP contribution in [0.15, 0.2) is 30.3 Å². The second-order valence-electron chi connectivity index (χ2n) is 4.04. The lowest BCUT2D eigenvalue weighted by atomic mass is 10.2. The first-order valence-electron chi connectivity index (χ1n) is 5.72. The third-order valence-electron chi connectivity index (χ3n) is 2.66. The number of carbonyl (C=O) groups is 1. The van der Waals surface area contributed by atoms with Gasteiger partial charge in [-0.1, -0.05) is 34.8 Å². The van der Waals surface area contributed by atoms with Crippen LogP contribution in [-0.4, -0.2) is 13.0 Å². The summed E-state index contributed by atoms with van der Waals surface area (Å²) in [7, 11) is 1.45. The van der Waals surface area contributed by atoms with Crippen LogP contribution in [0, 0.1) is 5.82 Å². The van der Waals surface area contributed by atoms with Crippen LogP contribution < -0.4 is 10.1 Å². The Balaban J connectivity index is 2.34. The van der Waals surface area contributed by atoms with Gasteiger partial charge in [-0.05, 0) is 30.3 Å². The van der Waals surface area contributed by atoms with Crippen LogP contribution in [0.2, 0.25) is 15.1 Å². The van der Waals surface area contributed by atoms with E-state index in [0.29, 0.717) is 16.5 Å². The van der Waals surface area contributed by atoms with Crippen molar-refractivity contribution in [3.63, 3.8) is 0 Å². The number of carbonyl (C=O) groups excluding carboxylic acids is 1. The fourth-order valence-electron chi connectivity index (χ4n) is 1.66. The molecule has 1 amide bonds. The molecule has 0 radical (unpaired) electrons. The lowest BCUT2D eigenvalue weighted by Crippen LogP contribution is -2.13. The molecule has 0 heterocycles. The van der Waals surface area contributed by atoms with Gasteiger partial charge in [0.15, 0.2) is 0 Å². The molecule has 0 aliphatic carbocycles. The monoisotopic (exact) mass is 347 g/mol. The van der Waals surface area contributed by atoms with E-state index in [-0.39, 0.29) is 15.6 Å². The minimum absolute atomic E-state index is 0.0411. The molecule has 0 spiro atoms. The van der Waals surface area contributed by atoms with Crippen molar-refractivity contribution in [1.29, 1.82) is 0 Å².